The molecule has 3 aromatic rings. The average molecular weight is 472 g/mol. The van der Waals surface area contributed by atoms with Gasteiger partial charge in [0.1, 0.15) is 11.6 Å². The molecular formula is C25H25N7O3. The second-order valence-corrected chi connectivity index (χ2v) is 9.15. The minimum atomic E-state index is -0.742. The molecule has 0 spiro atoms. The fourth-order valence-electron chi connectivity index (χ4n) is 4.03. The van der Waals surface area contributed by atoms with E-state index in [0.717, 1.165) is 12.8 Å². The maximum atomic E-state index is 12.9. The Morgan fingerprint density at radius 1 is 1.26 bits per heavy atom. The Hall–Kier alpha value is -4.26. The number of carbonyl (C=O) groups excluding carboxylic acids is 3. The van der Waals surface area contributed by atoms with E-state index in [1.807, 2.05) is 6.07 Å². The molecular weight excluding hydrogens is 446 g/mol. The molecule has 1 aliphatic carbocycles. The second-order valence-electron chi connectivity index (χ2n) is 9.15. The summed E-state index contributed by atoms with van der Waals surface area (Å²) in [5, 5.41) is 14.6. The lowest BCUT2D eigenvalue weighted by atomic mass is 10.0. The van der Waals surface area contributed by atoms with Crippen LogP contribution in [-0.2, 0) is 4.79 Å². The standard InChI is InChI=1S/C25H25N7O3/c1-14(25(35)32-12-16(8-26)13-32)30-24(34)19-10-27-22-21(19)31-20(11-28-22)17-3-2-4-18(7-17)23(33)29-9-15-5-6-15/h2-4,7,10-11,14-16H,5-6,9,12-13H2,1H3,(H,27,28)(H,29,33)(H,30,34)/t14-/m1/s1. The van der Waals surface area contributed by atoms with E-state index in [2.05, 4.69) is 31.7 Å². The van der Waals surface area contributed by atoms with Gasteiger partial charge in [0.2, 0.25) is 5.91 Å². The molecule has 10 nitrogen and oxygen atoms in total. The van der Waals surface area contributed by atoms with E-state index in [0.29, 0.717) is 53.5 Å². The number of amides is 3. The van der Waals surface area contributed by atoms with Gasteiger partial charge in [-0.2, -0.15) is 5.26 Å². The molecule has 2 aliphatic rings. The number of hydrogen-bond acceptors (Lipinski definition) is 6. The van der Waals surface area contributed by atoms with Crippen molar-refractivity contribution in [3.8, 4) is 17.3 Å². The van der Waals surface area contributed by atoms with Gasteiger partial charge in [0, 0.05) is 37.0 Å². The maximum absolute atomic E-state index is 12.9. The van der Waals surface area contributed by atoms with Crippen molar-refractivity contribution in [2.75, 3.05) is 19.6 Å². The summed E-state index contributed by atoms with van der Waals surface area (Å²) in [4.78, 5) is 51.4. The van der Waals surface area contributed by atoms with Gasteiger partial charge in [0.05, 0.1) is 29.4 Å². The number of H-pyrrole nitrogens is 1. The van der Waals surface area contributed by atoms with Gasteiger partial charge in [0.15, 0.2) is 5.65 Å². The molecule has 10 heteroatoms. The third kappa shape index (κ3) is 4.71. The van der Waals surface area contributed by atoms with Crippen LogP contribution < -0.4 is 10.6 Å². The van der Waals surface area contributed by atoms with Crippen molar-refractivity contribution in [1.29, 1.82) is 5.26 Å². The van der Waals surface area contributed by atoms with Crippen molar-refractivity contribution in [3.05, 3.63) is 47.8 Å². The van der Waals surface area contributed by atoms with E-state index in [1.54, 1.807) is 36.2 Å². The molecule has 0 bridgehead atoms. The Morgan fingerprint density at radius 3 is 2.80 bits per heavy atom. The molecule has 3 heterocycles. The lowest BCUT2D eigenvalue weighted by molar-refractivity contribution is -0.137. The van der Waals surface area contributed by atoms with Crippen LogP contribution >= 0.6 is 0 Å². The summed E-state index contributed by atoms with van der Waals surface area (Å²) < 4.78 is 0. The number of aromatic nitrogens is 3. The lowest BCUT2D eigenvalue weighted by Crippen LogP contribution is -2.55. The highest BCUT2D eigenvalue weighted by Crippen LogP contribution is 2.28. The molecule has 1 aliphatic heterocycles. The molecule has 3 amide bonds. The van der Waals surface area contributed by atoms with E-state index in [9.17, 15) is 14.4 Å². The number of carbonyl (C=O) groups is 3. The normalized spacial score (nSPS) is 16.3. The predicted molar refractivity (Wildman–Crippen MR) is 127 cm³/mol. The highest BCUT2D eigenvalue weighted by Gasteiger charge is 2.33. The van der Waals surface area contributed by atoms with E-state index in [-0.39, 0.29) is 23.3 Å². The van der Waals surface area contributed by atoms with Gasteiger partial charge in [-0.25, -0.2) is 9.97 Å². The van der Waals surface area contributed by atoms with Crippen LogP contribution in [0.1, 0.15) is 40.5 Å². The fraction of sp³-hybridized carbons (Fsp3) is 0.360. The number of nitriles is 1. The molecule has 0 unspecified atom stereocenters. The first-order valence-corrected chi connectivity index (χ1v) is 11.6. The smallest absolute Gasteiger partial charge is 0.255 e. The summed E-state index contributed by atoms with van der Waals surface area (Å²) in [5.74, 6) is -0.363. The third-order valence-electron chi connectivity index (χ3n) is 6.39. The Morgan fingerprint density at radius 2 is 2.06 bits per heavy atom. The highest BCUT2D eigenvalue weighted by molar-refractivity contribution is 6.06. The van der Waals surface area contributed by atoms with Gasteiger partial charge < -0.3 is 20.5 Å². The molecule has 1 saturated carbocycles. The topological polar surface area (TPSA) is 144 Å². The van der Waals surface area contributed by atoms with Crippen LogP contribution in [0.3, 0.4) is 0 Å². The molecule has 5 rings (SSSR count). The Kier molecular flexibility index (Phi) is 5.91. The van der Waals surface area contributed by atoms with Crippen LogP contribution in [-0.4, -0.2) is 63.2 Å². The number of rotatable bonds is 7. The van der Waals surface area contributed by atoms with Gasteiger partial charge in [-0.1, -0.05) is 12.1 Å². The molecule has 2 fully saturated rings. The molecule has 1 atom stereocenters. The van der Waals surface area contributed by atoms with Crippen LogP contribution in [0.4, 0.5) is 0 Å². The number of likely N-dealkylation sites (tertiary alicyclic amines) is 1. The summed E-state index contributed by atoms with van der Waals surface area (Å²) in [7, 11) is 0. The van der Waals surface area contributed by atoms with Crippen LogP contribution in [0.15, 0.2) is 36.7 Å². The van der Waals surface area contributed by atoms with E-state index in [4.69, 9.17) is 5.26 Å². The molecule has 0 radical (unpaired) electrons. The molecule has 2 aromatic heterocycles. The largest absolute Gasteiger partial charge is 0.352 e. The maximum Gasteiger partial charge on any atom is 0.255 e. The summed E-state index contributed by atoms with van der Waals surface area (Å²) in [6.45, 7) is 3.07. The zero-order valence-corrected chi connectivity index (χ0v) is 19.2. The van der Waals surface area contributed by atoms with Crippen LogP contribution in [0, 0.1) is 23.2 Å². The van der Waals surface area contributed by atoms with Crippen molar-refractivity contribution in [2.45, 2.75) is 25.8 Å². The predicted octanol–water partition coefficient (Wildman–Crippen LogP) is 1.86. The zero-order chi connectivity index (χ0) is 24.5. The number of nitrogens with zero attached hydrogens (tertiary/aromatic N) is 4. The minimum Gasteiger partial charge on any atom is -0.352 e. The van der Waals surface area contributed by atoms with Crippen molar-refractivity contribution in [3.63, 3.8) is 0 Å². The first kappa shape index (κ1) is 22.5. The highest BCUT2D eigenvalue weighted by atomic mass is 16.2. The number of hydrogen-bond donors (Lipinski definition) is 3. The Labute approximate surface area is 201 Å². The molecule has 178 valence electrons. The van der Waals surface area contributed by atoms with Crippen molar-refractivity contribution in [2.24, 2.45) is 11.8 Å². The molecule has 1 saturated heterocycles. The summed E-state index contributed by atoms with van der Waals surface area (Å²) in [5.41, 5.74) is 2.85. The Balaban J connectivity index is 1.32. The second kappa shape index (κ2) is 9.18. The zero-order valence-electron chi connectivity index (χ0n) is 19.2. The van der Waals surface area contributed by atoms with Crippen LogP contribution in [0.5, 0.6) is 0 Å². The van der Waals surface area contributed by atoms with Gasteiger partial charge >= 0.3 is 0 Å². The summed E-state index contributed by atoms with van der Waals surface area (Å²) in [6, 6.07) is 8.52. The monoisotopic (exact) mass is 471 g/mol. The number of nitrogens with one attached hydrogen (secondary N) is 3. The number of aromatic amines is 1. The quantitative estimate of drug-likeness (QED) is 0.480. The summed E-state index contributed by atoms with van der Waals surface area (Å²) in [6.07, 6.45) is 5.42. The van der Waals surface area contributed by atoms with Crippen LogP contribution in [0.25, 0.3) is 22.4 Å². The fourth-order valence-corrected chi connectivity index (χ4v) is 4.03. The van der Waals surface area contributed by atoms with Crippen molar-refractivity contribution >= 4 is 28.9 Å². The van der Waals surface area contributed by atoms with Gasteiger partial charge in [-0.15, -0.1) is 0 Å². The number of benzene rings is 1. The lowest BCUT2D eigenvalue weighted by Gasteiger charge is -2.37. The SMILES string of the molecule is C[C@@H](NC(=O)c1c[nH]c2ncc(-c3cccc(C(=O)NCC4CC4)c3)nc12)C(=O)N1CC(C#N)C1. The minimum absolute atomic E-state index is 0.128. The Bertz CT molecular complexity index is 1350. The van der Waals surface area contributed by atoms with Gasteiger partial charge in [-0.05, 0) is 37.8 Å². The van der Waals surface area contributed by atoms with E-state index in [1.165, 1.54) is 6.20 Å². The van der Waals surface area contributed by atoms with Crippen molar-refractivity contribution in [1.82, 2.24) is 30.5 Å². The van der Waals surface area contributed by atoms with E-state index >= 15 is 0 Å². The van der Waals surface area contributed by atoms with E-state index < -0.39 is 11.9 Å². The molecule has 3 N–H and O–H groups in total. The van der Waals surface area contributed by atoms with Gasteiger partial charge in [0.25, 0.3) is 11.8 Å². The first-order chi connectivity index (χ1) is 16.9. The summed E-state index contributed by atoms with van der Waals surface area (Å²) >= 11 is 0. The van der Waals surface area contributed by atoms with Crippen molar-refractivity contribution < 1.29 is 14.4 Å². The number of fused-ring (bicyclic) bond motifs is 1. The first-order valence-electron chi connectivity index (χ1n) is 11.6. The average Bonchev–Trinajstić information content (AvgIpc) is 3.58. The molecule has 35 heavy (non-hydrogen) atoms. The van der Waals surface area contributed by atoms with Crippen LogP contribution in [0.2, 0.25) is 0 Å². The van der Waals surface area contributed by atoms with Gasteiger partial charge in [-0.3, -0.25) is 14.4 Å². The molecule has 1 aromatic carbocycles. The third-order valence-corrected chi connectivity index (χ3v) is 6.39.